The number of likely N-dealkylation sites (tertiary alicyclic amines) is 1. The van der Waals surface area contributed by atoms with E-state index in [1.807, 2.05) is 0 Å². The fourth-order valence-corrected chi connectivity index (χ4v) is 3.31. The lowest BCUT2D eigenvalue weighted by molar-refractivity contribution is -0.157. The van der Waals surface area contributed by atoms with Crippen LogP contribution in [0.25, 0.3) is 0 Å². The van der Waals surface area contributed by atoms with E-state index in [0.717, 1.165) is 0 Å². The Kier molecular flexibility index (Phi) is 5.92. The Hall–Kier alpha value is -1.27. The van der Waals surface area contributed by atoms with E-state index in [0.29, 0.717) is 17.0 Å². The summed E-state index contributed by atoms with van der Waals surface area (Å²) in [5, 5.41) is 0.459. The molecule has 0 saturated carbocycles. The molecule has 23 heavy (non-hydrogen) atoms. The van der Waals surface area contributed by atoms with Crippen LogP contribution in [-0.2, 0) is 9.53 Å². The van der Waals surface area contributed by atoms with Crippen molar-refractivity contribution in [2.75, 3.05) is 26.2 Å². The predicted molar refractivity (Wildman–Crippen MR) is 81.4 cm³/mol. The van der Waals surface area contributed by atoms with Crippen molar-refractivity contribution < 1.29 is 22.7 Å². The van der Waals surface area contributed by atoms with Crippen molar-refractivity contribution in [3.8, 4) is 0 Å². The van der Waals surface area contributed by atoms with E-state index in [2.05, 4.69) is 0 Å². The van der Waals surface area contributed by atoms with Crippen LogP contribution in [0.3, 0.4) is 0 Å². The van der Waals surface area contributed by atoms with Gasteiger partial charge in [-0.05, 0) is 31.5 Å². The van der Waals surface area contributed by atoms with E-state index in [9.17, 15) is 18.0 Å². The number of alkyl halides is 3. The fraction of sp³-hybridized carbons (Fsp3) is 0.562. The SMILES string of the molecule is CCOC(=O)C1CCN(CC(F)(F)F)CC1c1ccccc1Cl. The van der Waals surface area contributed by atoms with Crippen molar-refractivity contribution in [2.24, 2.45) is 5.92 Å². The maximum atomic E-state index is 12.7. The quantitative estimate of drug-likeness (QED) is 0.773. The molecule has 3 nitrogen and oxygen atoms in total. The first-order valence-electron chi connectivity index (χ1n) is 7.52. The summed E-state index contributed by atoms with van der Waals surface area (Å²) in [7, 11) is 0. The zero-order valence-corrected chi connectivity index (χ0v) is 13.5. The molecule has 1 saturated heterocycles. The Bertz CT molecular complexity index is 550. The summed E-state index contributed by atoms with van der Waals surface area (Å²) in [6.07, 6.45) is -3.94. The zero-order valence-electron chi connectivity index (χ0n) is 12.8. The van der Waals surface area contributed by atoms with Crippen LogP contribution in [0.15, 0.2) is 24.3 Å². The number of ether oxygens (including phenoxy) is 1. The van der Waals surface area contributed by atoms with Gasteiger partial charge in [0.05, 0.1) is 19.1 Å². The maximum absolute atomic E-state index is 12.7. The Morgan fingerprint density at radius 2 is 2.09 bits per heavy atom. The van der Waals surface area contributed by atoms with E-state index in [-0.39, 0.29) is 25.7 Å². The summed E-state index contributed by atoms with van der Waals surface area (Å²) < 4.78 is 43.1. The second-order valence-electron chi connectivity index (χ2n) is 5.63. The van der Waals surface area contributed by atoms with E-state index in [1.165, 1.54) is 4.90 Å². The van der Waals surface area contributed by atoms with Crippen molar-refractivity contribution in [3.05, 3.63) is 34.9 Å². The molecule has 0 amide bonds. The van der Waals surface area contributed by atoms with Crippen LogP contribution in [-0.4, -0.2) is 43.3 Å². The third-order valence-corrected chi connectivity index (χ3v) is 4.34. The predicted octanol–water partition coefficient (Wildman–Crippen LogP) is 3.87. The van der Waals surface area contributed by atoms with Crippen LogP contribution in [0.4, 0.5) is 13.2 Å². The first kappa shape index (κ1) is 18.1. The molecule has 1 aromatic carbocycles. The average molecular weight is 350 g/mol. The van der Waals surface area contributed by atoms with Crippen LogP contribution in [0.1, 0.15) is 24.8 Å². The molecule has 7 heteroatoms. The van der Waals surface area contributed by atoms with Gasteiger partial charge < -0.3 is 4.74 Å². The number of hydrogen-bond acceptors (Lipinski definition) is 3. The third-order valence-electron chi connectivity index (χ3n) is 3.99. The summed E-state index contributed by atoms with van der Waals surface area (Å²) >= 11 is 6.19. The molecule has 2 rings (SSSR count). The standard InChI is InChI=1S/C16H19ClF3NO2/c1-2-23-15(22)12-7-8-21(10-16(18,19)20)9-13(12)11-5-3-4-6-14(11)17/h3-6,12-13H,2,7-10H2,1H3. The van der Waals surface area contributed by atoms with Gasteiger partial charge in [-0.25, -0.2) is 0 Å². The number of halogens is 4. The summed E-state index contributed by atoms with van der Waals surface area (Å²) in [5.74, 6) is -1.25. The van der Waals surface area contributed by atoms with Gasteiger partial charge in [0.15, 0.2) is 0 Å². The maximum Gasteiger partial charge on any atom is 0.401 e. The monoisotopic (exact) mass is 349 g/mol. The molecule has 2 atom stereocenters. The van der Waals surface area contributed by atoms with Gasteiger partial charge in [0.25, 0.3) is 0 Å². The minimum Gasteiger partial charge on any atom is -0.466 e. The molecule has 1 aliphatic rings. The van der Waals surface area contributed by atoms with Crippen LogP contribution < -0.4 is 0 Å². The van der Waals surface area contributed by atoms with Gasteiger partial charge in [-0.3, -0.25) is 9.69 Å². The molecule has 2 unspecified atom stereocenters. The molecule has 0 spiro atoms. The summed E-state index contributed by atoms with van der Waals surface area (Å²) in [6.45, 7) is 1.32. The molecule has 1 aromatic rings. The summed E-state index contributed by atoms with van der Waals surface area (Å²) in [6, 6.07) is 6.96. The number of piperidine rings is 1. The van der Waals surface area contributed by atoms with E-state index in [4.69, 9.17) is 16.3 Å². The lowest BCUT2D eigenvalue weighted by atomic mass is 9.80. The molecule has 0 radical (unpaired) electrons. The molecule has 0 aromatic heterocycles. The molecular formula is C16H19ClF3NO2. The van der Waals surface area contributed by atoms with Crippen molar-refractivity contribution >= 4 is 17.6 Å². The second kappa shape index (κ2) is 7.53. The summed E-state index contributed by atoms with van der Waals surface area (Å²) in [5.41, 5.74) is 0.694. The number of nitrogens with zero attached hydrogens (tertiary/aromatic N) is 1. The van der Waals surface area contributed by atoms with Crippen molar-refractivity contribution in [1.29, 1.82) is 0 Å². The number of rotatable bonds is 4. The van der Waals surface area contributed by atoms with Crippen LogP contribution in [0.2, 0.25) is 5.02 Å². The van der Waals surface area contributed by atoms with Gasteiger partial charge in [0, 0.05) is 17.5 Å². The highest BCUT2D eigenvalue weighted by molar-refractivity contribution is 6.31. The molecule has 1 fully saturated rings. The molecule has 1 aliphatic heterocycles. The lowest BCUT2D eigenvalue weighted by Gasteiger charge is -2.38. The topological polar surface area (TPSA) is 29.5 Å². The third kappa shape index (κ3) is 4.85. The second-order valence-corrected chi connectivity index (χ2v) is 6.03. The van der Waals surface area contributed by atoms with Crippen molar-refractivity contribution in [2.45, 2.75) is 25.4 Å². The first-order chi connectivity index (χ1) is 10.8. The van der Waals surface area contributed by atoms with Gasteiger partial charge in [0.2, 0.25) is 0 Å². The molecular weight excluding hydrogens is 331 g/mol. The number of esters is 1. The highest BCUT2D eigenvalue weighted by atomic mass is 35.5. The van der Waals surface area contributed by atoms with Gasteiger partial charge in [-0.2, -0.15) is 13.2 Å². The largest absolute Gasteiger partial charge is 0.466 e. The van der Waals surface area contributed by atoms with Gasteiger partial charge in [-0.15, -0.1) is 0 Å². The zero-order chi connectivity index (χ0) is 17.0. The van der Waals surface area contributed by atoms with Gasteiger partial charge in [-0.1, -0.05) is 29.8 Å². The average Bonchev–Trinajstić information content (AvgIpc) is 2.46. The number of carbonyl (C=O) groups is 1. The lowest BCUT2D eigenvalue weighted by Crippen LogP contribution is -2.46. The smallest absolute Gasteiger partial charge is 0.401 e. The number of benzene rings is 1. The van der Waals surface area contributed by atoms with E-state index >= 15 is 0 Å². The van der Waals surface area contributed by atoms with Gasteiger partial charge in [0.1, 0.15) is 0 Å². The number of carbonyl (C=O) groups excluding carboxylic acids is 1. The van der Waals surface area contributed by atoms with E-state index < -0.39 is 24.6 Å². The highest BCUT2D eigenvalue weighted by Gasteiger charge is 2.40. The Labute approximate surface area is 138 Å². The molecule has 128 valence electrons. The normalized spacial score (nSPS) is 22.8. The van der Waals surface area contributed by atoms with Crippen LogP contribution in [0.5, 0.6) is 0 Å². The van der Waals surface area contributed by atoms with Crippen LogP contribution in [0, 0.1) is 5.92 Å². The Morgan fingerprint density at radius 1 is 1.39 bits per heavy atom. The minimum atomic E-state index is -4.26. The molecule has 0 aliphatic carbocycles. The molecule has 0 bridgehead atoms. The van der Waals surface area contributed by atoms with Crippen LogP contribution >= 0.6 is 11.6 Å². The molecule has 1 heterocycles. The van der Waals surface area contributed by atoms with Gasteiger partial charge >= 0.3 is 12.1 Å². The molecule has 0 N–H and O–H groups in total. The summed E-state index contributed by atoms with van der Waals surface area (Å²) in [4.78, 5) is 13.5. The highest BCUT2D eigenvalue weighted by Crippen LogP contribution is 2.37. The van der Waals surface area contributed by atoms with E-state index in [1.54, 1.807) is 31.2 Å². The minimum absolute atomic E-state index is 0.132. The van der Waals surface area contributed by atoms with Crippen molar-refractivity contribution in [1.82, 2.24) is 4.90 Å². The Morgan fingerprint density at radius 3 is 2.70 bits per heavy atom. The Balaban J connectivity index is 2.24. The number of hydrogen-bond donors (Lipinski definition) is 0. The first-order valence-corrected chi connectivity index (χ1v) is 7.89. The van der Waals surface area contributed by atoms with Crippen molar-refractivity contribution in [3.63, 3.8) is 0 Å². The fourth-order valence-electron chi connectivity index (χ4n) is 3.04.